The van der Waals surface area contributed by atoms with Gasteiger partial charge < -0.3 is 5.32 Å². The maximum Gasteiger partial charge on any atom is 0.0397 e. The second-order valence-corrected chi connectivity index (χ2v) is 5.53. The third-order valence-corrected chi connectivity index (χ3v) is 4.61. The van der Waals surface area contributed by atoms with E-state index in [-0.39, 0.29) is 0 Å². The monoisotopic (exact) mass is 218 g/mol. The fourth-order valence-corrected chi connectivity index (χ4v) is 3.90. The zero-order valence-corrected chi connectivity index (χ0v) is 10.2. The van der Waals surface area contributed by atoms with E-state index < -0.39 is 0 Å². The average Bonchev–Trinajstić information content (AvgIpc) is 2.77. The van der Waals surface area contributed by atoms with Gasteiger partial charge in [-0.15, -0.1) is 0 Å². The Bertz CT molecular complexity index is 319. The Morgan fingerprint density at radius 1 is 1.44 bits per heavy atom. The summed E-state index contributed by atoms with van der Waals surface area (Å²) in [6.07, 6.45) is 9.82. The highest BCUT2D eigenvalue weighted by atomic mass is 14.9. The molecule has 0 aromatic rings. The Labute approximate surface area is 98.2 Å². The molecule has 0 aromatic heterocycles. The molecular formula is C14H22N2. The number of aliphatic imine (C=N–C) groups is 1. The van der Waals surface area contributed by atoms with Crippen molar-refractivity contribution in [3.63, 3.8) is 0 Å². The first-order valence-electron chi connectivity index (χ1n) is 6.85. The Kier molecular flexibility index (Phi) is 2.84. The molecule has 1 aliphatic carbocycles. The highest BCUT2D eigenvalue weighted by molar-refractivity contribution is 5.61. The van der Waals surface area contributed by atoms with Crippen LogP contribution in [-0.4, -0.2) is 19.3 Å². The molecule has 88 valence electrons. The molecule has 2 aliphatic heterocycles. The molecule has 2 heteroatoms. The largest absolute Gasteiger partial charge is 0.316 e. The molecule has 1 fully saturated rings. The Balaban J connectivity index is 1.91. The standard InChI is InChI=1S/C14H22N2/c1-2-4-11-12-5-3-6-16-14(12)7-10-8-15-9-13(10)11/h6-7,10-13,15H,2-5,8-9H2,1H3/t10-,11?,12?,13-/m1/s1. The van der Waals surface area contributed by atoms with Gasteiger partial charge in [-0.05, 0) is 43.6 Å². The lowest BCUT2D eigenvalue weighted by Crippen LogP contribution is -2.34. The van der Waals surface area contributed by atoms with E-state index in [0.717, 1.165) is 23.7 Å². The van der Waals surface area contributed by atoms with Crippen LogP contribution in [0.15, 0.2) is 16.8 Å². The van der Waals surface area contributed by atoms with Gasteiger partial charge in [-0.3, -0.25) is 4.99 Å². The summed E-state index contributed by atoms with van der Waals surface area (Å²) in [5.74, 6) is 3.31. The van der Waals surface area contributed by atoms with Gasteiger partial charge >= 0.3 is 0 Å². The summed E-state index contributed by atoms with van der Waals surface area (Å²) >= 11 is 0. The number of allylic oxidation sites excluding steroid dienone is 1. The van der Waals surface area contributed by atoms with Crippen LogP contribution in [0.25, 0.3) is 0 Å². The van der Waals surface area contributed by atoms with Gasteiger partial charge in [0.15, 0.2) is 0 Å². The second-order valence-electron chi connectivity index (χ2n) is 5.53. The van der Waals surface area contributed by atoms with E-state index in [9.17, 15) is 0 Å². The quantitative estimate of drug-likeness (QED) is 0.757. The molecule has 2 nitrogen and oxygen atoms in total. The lowest BCUT2D eigenvalue weighted by atomic mass is 9.67. The molecule has 2 heterocycles. The van der Waals surface area contributed by atoms with Crippen LogP contribution in [0.2, 0.25) is 0 Å². The third kappa shape index (κ3) is 1.64. The van der Waals surface area contributed by atoms with E-state index in [1.807, 2.05) is 0 Å². The van der Waals surface area contributed by atoms with Crippen LogP contribution in [-0.2, 0) is 0 Å². The van der Waals surface area contributed by atoms with E-state index in [4.69, 9.17) is 0 Å². The Morgan fingerprint density at radius 2 is 2.38 bits per heavy atom. The zero-order chi connectivity index (χ0) is 11.0. The summed E-state index contributed by atoms with van der Waals surface area (Å²) in [6.45, 7) is 4.73. The van der Waals surface area contributed by atoms with Crippen LogP contribution in [0.3, 0.4) is 0 Å². The molecule has 0 radical (unpaired) electrons. The maximum absolute atomic E-state index is 4.65. The van der Waals surface area contributed by atoms with Crippen LogP contribution < -0.4 is 5.32 Å². The minimum atomic E-state index is 0.762. The minimum Gasteiger partial charge on any atom is -0.316 e. The van der Waals surface area contributed by atoms with Crippen LogP contribution in [0, 0.1) is 23.7 Å². The van der Waals surface area contributed by atoms with E-state index in [1.54, 1.807) is 0 Å². The van der Waals surface area contributed by atoms with Gasteiger partial charge in [-0.1, -0.05) is 19.4 Å². The molecule has 0 spiro atoms. The Hall–Kier alpha value is -0.630. The van der Waals surface area contributed by atoms with Gasteiger partial charge in [0.05, 0.1) is 0 Å². The number of fused-ring (bicyclic) bond motifs is 2. The first-order chi connectivity index (χ1) is 7.90. The van der Waals surface area contributed by atoms with E-state index >= 15 is 0 Å². The average molecular weight is 218 g/mol. The molecule has 0 bridgehead atoms. The van der Waals surface area contributed by atoms with Crippen LogP contribution in [0.5, 0.6) is 0 Å². The molecule has 1 saturated heterocycles. The number of hydrogen-bond donors (Lipinski definition) is 1. The molecule has 3 aliphatic rings. The number of hydrogen-bond acceptors (Lipinski definition) is 2. The van der Waals surface area contributed by atoms with Crippen molar-refractivity contribution in [2.75, 3.05) is 13.1 Å². The molecule has 1 N–H and O–H groups in total. The first kappa shape index (κ1) is 10.5. The van der Waals surface area contributed by atoms with Crippen LogP contribution >= 0.6 is 0 Å². The van der Waals surface area contributed by atoms with E-state index in [0.29, 0.717) is 0 Å². The molecule has 16 heavy (non-hydrogen) atoms. The lowest BCUT2D eigenvalue weighted by molar-refractivity contribution is 0.193. The fourth-order valence-electron chi connectivity index (χ4n) is 3.90. The molecule has 3 rings (SSSR count). The maximum atomic E-state index is 4.65. The van der Waals surface area contributed by atoms with Gasteiger partial charge in [0, 0.05) is 24.4 Å². The highest BCUT2D eigenvalue weighted by Crippen LogP contribution is 2.45. The summed E-state index contributed by atoms with van der Waals surface area (Å²) in [5.41, 5.74) is 1.41. The molecular weight excluding hydrogens is 196 g/mol. The Morgan fingerprint density at radius 3 is 3.25 bits per heavy atom. The summed E-state index contributed by atoms with van der Waals surface area (Å²) in [4.78, 5) is 4.65. The van der Waals surface area contributed by atoms with Crippen molar-refractivity contribution < 1.29 is 0 Å². The third-order valence-electron chi connectivity index (χ3n) is 4.61. The van der Waals surface area contributed by atoms with Gasteiger partial charge in [0.1, 0.15) is 0 Å². The second kappa shape index (κ2) is 4.33. The predicted octanol–water partition coefficient (Wildman–Crippen LogP) is 2.62. The van der Waals surface area contributed by atoms with Crippen molar-refractivity contribution in [1.82, 2.24) is 5.32 Å². The molecule has 0 saturated carbocycles. The number of nitrogens with zero attached hydrogens (tertiary/aromatic N) is 1. The number of rotatable bonds is 2. The van der Waals surface area contributed by atoms with Crippen molar-refractivity contribution in [3.8, 4) is 0 Å². The normalized spacial score (nSPS) is 41.4. The summed E-state index contributed by atoms with van der Waals surface area (Å²) in [7, 11) is 0. The van der Waals surface area contributed by atoms with E-state index in [2.05, 4.69) is 29.5 Å². The SMILES string of the molecule is CCCC1C2CCC=NC2=C[C@@H]2CNC[C@@H]12. The predicted molar refractivity (Wildman–Crippen MR) is 67.5 cm³/mol. The molecule has 0 aromatic carbocycles. The van der Waals surface area contributed by atoms with Crippen molar-refractivity contribution in [1.29, 1.82) is 0 Å². The van der Waals surface area contributed by atoms with Crippen molar-refractivity contribution in [3.05, 3.63) is 11.8 Å². The molecule has 2 unspecified atom stereocenters. The minimum absolute atomic E-state index is 0.762. The summed E-state index contributed by atoms with van der Waals surface area (Å²) in [5, 5.41) is 3.57. The van der Waals surface area contributed by atoms with Gasteiger partial charge in [-0.25, -0.2) is 0 Å². The van der Waals surface area contributed by atoms with E-state index in [1.165, 1.54) is 44.5 Å². The van der Waals surface area contributed by atoms with Gasteiger partial charge in [-0.2, -0.15) is 0 Å². The van der Waals surface area contributed by atoms with Crippen molar-refractivity contribution >= 4 is 6.21 Å². The number of nitrogens with one attached hydrogen (secondary N) is 1. The summed E-state index contributed by atoms with van der Waals surface area (Å²) < 4.78 is 0. The van der Waals surface area contributed by atoms with Crippen LogP contribution in [0.1, 0.15) is 32.6 Å². The fraction of sp³-hybridized carbons (Fsp3) is 0.786. The molecule has 0 amide bonds. The molecule has 4 atom stereocenters. The van der Waals surface area contributed by atoms with Crippen molar-refractivity contribution in [2.24, 2.45) is 28.7 Å². The summed E-state index contributed by atoms with van der Waals surface area (Å²) in [6, 6.07) is 0. The topological polar surface area (TPSA) is 24.4 Å². The van der Waals surface area contributed by atoms with Gasteiger partial charge in [0.2, 0.25) is 0 Å². The van der Waals surface area contributed by atoms with Crippen molar-refractivity contribution in [2.45, 2.75) is 32.6 Å². The lowest BCUT2D eigenvalue weighted by Gasteiger charge is -2.39. The highest BCUT2D eigenvalue weighted by Gasteiger charge is 2.41. The van der Waals surface area contributed by atoms with Crippen LogP contribution in [0.4, 0.5) is 0 Å². The first-order valence-corrected chi connectivity index (χ1v) is 6.85. The zero-order valence-electron chi connectivity index (χ0n) is 10.2. The smallest absolute Gasteiger partial charge is 0.0397 e. The van der Waals surface area contributed by atoms with Gasteiger partial charge in [0.25, 0.3) is 0 Å².